The van der Waals surface area contributed by atoms with Gasteiger partial charge >= 0.3 is 0 Å². The van der Waals surface area contributed by atoms with Gasteiger partial charge in [-0.15, -0.1) is 12.4 Å². The number of rotatable bonds is 8. The Kier molecular flexibility index (Phi) is 14.1. The van der Waals surface area contributed by atoms with Gasteiger partial charge < -0.3 is 26.1 Å². The molecule has 0 saturated carbocycles. The van der Waals surface area contributed by atoms with Gasteiger partial charge in [-0.25, -0.2) is 0 Å². The molecule has 0 spiro atoms. The molecule has 2 unspecified atom stereocenters. The largest absolute Gasteiger partial charge is 0.412 e. The van der Waals surface area contributed by atoms with Crippen LogP contribution in [0, 0.1) is 0 Å². The Morgan fingerprint density at radius 2 is 1.66 bits per heavy atom. The molecule has 7 nitrogen and oxygen atoms in total. The van der Waals surface area contributed by atoms with Crippen LogP contribution in [-0.4, -0.2) is 54.9 Å². The van der Waals surface area contributed by atoms with Gasteiger partial charge in [0.1, 0.15) is 0 Å². The minimum atomic E-state index is -0.693. The predicted octanol–water partition coefficient (Wildman–Crippen LogP) is 5.66. The van der Waals surface area contributed by atoms with Crippen LogP contribution < -0.4 is 10.2 Å². The number of hydrogen-bond acceptors (Lipinski definition) is 3. The molecule has 5 N–H and O–H groups in total. The molecule has 1 heterocycles. The highest BCUT2D eigenvalue weighted by Crippen LogP contribution is 2.46. The Labute approximate surface area is 258 Å². The normalized spacial score (nSPS) is 17.8. The van der Waals surface area contributed by atoms with E-state index >= 15 is 0 Å². The molecule has 0 aliphatic carbocycles. The third-order valence-electron chi connectivity index (χ3n) is 7.65. The fourth-order valence-corrected chi connectivity index (χ4v) is 5.75. The number of carbonyl (C=O) groups is 2. The lowest BCUT2D eigenvalue weighted by atomic mass is 9.68. The number of likely N-dealkylation sites (N-methyl/N-ethyl adjacent to an activating group) is 1. The zero-order chi connectivity index (χ0) is 27.3. The van der Waals surface area contributed by atoms with Crippen LogP contribution >= 0.6 is 35.6 Å². The molecule has 224 valence electrons. The van der Waals surface area contributed by atoms with E-state index in [1.807, 2.05) is 79.8 Å². The van der Waals surface area contributed by atoms with Crippen molar-refractivity contribution >= 4 is 53.1 Å². The molecule has 41 heavy (non-hydrogen) atoms. The van der Waals surface area contributed by atoms with Gasteiger partial charge in [-0.1, -0.05) is 72.9 Å². The molecule has 3 aromatic carbocycles. The summed E-state index contributed by atoms with van der Waals surface area (Å²) in [5.41, 5.74) is 2.95. The summed E-state index contributed by atoms with van der Waals surface area (Å²) in [7, 11) is 3.54. The van der Waals surface area contributed by atoms with E-state index in [0.717, 1.165) is 36.2 Å². The van der Waals surface area contributed by atoms with Crippen LogP contribution in [0.2, 0.25) is 10.0 Å². The van der Waals surface area contributed by atoms with Gasteiger partial charge in [-0.2, -0.15) is 0 Å². The summed E-state index contributed by atoms with van der Waals surface area (Å²) in [6.07, 6.45) is 3.24. The molecular formula is C31H40Cl3N3O4. The van der Waals surface area contributed by atoms with Crippen molar-refractivity contribution in [3.05, 3.63) is 99.5 Å². The van der Waals surface area contributed by atoms with Crippen molar-refractivity contribution in [2.45, 2.75) is 44.1 Å². The molecule has 0 bridgehead atoms. The molecule has 4 rings (SSSR count). The monoisotopic (exact) mass is 623 g/mol. The first kappa shape index (κ1) is 36.2. The van der Waals surface area contributed by atoms with Crippen molar-refractivity contribution in [3.63, 3.8) is 0 Å². The number of hydrogen-bond donors (Lipinski definition) is 1. The molecule has 1 fully saturated rings. The number of benzene rings is 3. The number of nitrogens with one attached hydrogen (secondary N) is 1. The average molecular weight is 625 g/mol. The van der Waals surface area contributed by atoms with Gasteiger partial charge in [-0.3, -0.25) is 9.59 Å². The minimum Gasteiger partial charge on any atom is -0.412 e. The SMILES string of the molecule is CCCCN(C)C(=O)c1ccc(N2CCC(C(=O)NC)(c3ccccc3)CC2c2ccc(Cl)c(Cl)c2)cc1.Cl.O.O. The lowest BCUT2D eigenvalue weighted by Crippen LogP contribution is -2.52. The summed E-state index contributed by atoms with van der Waals surface area (Å²) < 4.78 is 0. The maximum absolute atomic E-state index is 13.5. The third kappa shape index (κ3) is 7.73. The van der Waals surface area contributed by atoms with E-state index in [1.54, 1.807) is 11.9 Å². The van der Waals surface area contributed by atoms with E-state index in [4.69, 9.17) is 23.2 Å². The van der Waals surface area contributed by atoms with Gasteiger partial charge in [0.05, 0.1) is 21.5 Å². The smallest absolute Gasteiger partial charge is 0.253 e. The second kappa shape index (κ2) is 16.0. The Hall–Kier alpha value is -2.81. The van der Waals surface area contributed by atoms with Gasteiger partial charge in [0.25, 0.3) is 5.91 Å². The van der Waals surface area contributed by atoms with Crippen LogP contribution in [0.15, 0.2) is 72.8 Å². The number of halogens is 3. The standard InChI is InChI=1S/C31H35Cl2N3O2.ClH.2H2O/c1-4-5-18-35(3)29(37)22-11-14-25(15-12-22)36-19-17-31(30(38)34-2,24-9-7-6-8-10-24)21-28(36)23-13-16-26(32)27(33)20-23;;;/h6-16,20,28H,4-5,17-19,21H2,1-3H3,(H,34,38);1H;2*1H2. The van der Waals surface area contributed by atoms with Crippen LogP contribution in [0.5, 0.6) is 0 Å². The van der Waals surface area contributed by atoms with Gasteiger partial charge in [0.15, 0.2) is 0 Å². The highest BCUT2D eigenvalue weighted by Gasteiger charge is 2.46. The number of amides is 2. The van der Waals surface area contributed by atoms with Crippen molar-refractivity contribution in [2.24, 2.45) is 0 Å². The number of carbonyl (C=O) groups excluding carboxylic acids is 2. The molecule has 1 aliphatic heterocycles. The van der Waals surface area contributed by atoms with Crippen LogP contribution in [0.1, 0.15) is 60.1 Å². The van der Waals surface area contributed by atoms with Crippen LogP contribution in [0.25, 0.3) is 0 Å². The zero-order valence-electron chi connectivity index (χ0n) is 23.6. The Balaban J connectivity index is 0.00000280. The van der Waals surface area contributed by atoms with Gasteiger partial charge in [0, 0.05) is 38.4 Å². The minimum absolute atomic E-state index is 0. The topological polar surface area (TPSA) is 116 Å². The van der Waals surface area contributed by atoms with Crippen molar-refractivity contribution in [1.82, 2.24) is 10.2 Å². The van der Waals surface area contributed by atoms with Crippen molar-refractivity contribution < 1.29 is 20.5 Å². The number of nitrogens with zero attached hydrogens (tertiary/aromatic N) is 2. The molecule has 0 aromatic heterocycles. The predicted molar refractivity (Wildman–Crippen MR) is 171 cm³/mol. The maximum atomic E-state index is 13.5. The molecule has 1 aliphatic rings. The molecule has 2 amide bonds. The van der Waals surface area contributed by atoms with Crippen LogP contribution in [0.4, 0.5) is 5.69 Å². The lowest BCUT2D eigenvalue weighted by molar-refractivity contribution is -0.127. The van der Waals surface area contributed by atoms with E-state index in [-0.39, 0.29) is 41.2 Å². The second-order valence-corrected chi connectivity index (χ2v) is 10.8. The van der Waals surface area contributed by atoms with Crippen LogP contribution in [0.3, 0.4) is 0 Å². The molecule has 10 heteroatoms. The molecule has 0 radical (unpaired) electrons. The van der Waals surface area contributed by atoms with E-state index < -0.39 is 5.41 Å². The summed E-state index contributed by atoms with van der Waals surface area (Å²) in [6, 6.07) is 23.3. The first-order valence-corrected chi connectivity index (χ1v) is 13.9. The molecular weight excluding hydrogens is 585 g/mol. The van der Waals surface area contributed by atoms with E-state index in [0.29, 0.717) is 35.0 Å². The van der Waals surface area contributed by atoms with E-state index in [2.05, 4.69) is 17.1 Å². The summed E-state index contributed by atoms with van der Waals surface area (Å²) in [5.74, 6) is 0.0249. The fraction of sp³-hybridized carbons (Fsp3) is 0.355. The summed E-state index contributed by atoms with van der Waals surface area (Å²) >= 11 is 12.7. The zero-order valence-corrected chi connectivity index (χ0v) is 26.0. The summed E-state index contributed by atoms with van der Waals surface area (Å²) in [6.45, 7) is 3.51. The van der Waals surface area contributed by atoms with Crippen LogP contribution in [-0.2, 0) is 10.2 Å². The number of unbranched alkanes of at least 4 members (excludes halogenated alkanes) is 1. The average Bonchev–Trinajstić information content (AvgIpc) is 2.96. The van der Waals surface area contributed by atoms with Gasteiger partial charge in [0.2, 0.25) is 5.91 Å². The molecule has 1 saturated heterocycles. The van der Waals surface area contributed by atoms with Gasteiger partial charge in [-0.05, 0) is 66.8 Å². The molecule has 3 aromatic rings. The fourth-order valence-electron chi connectivity index (χ4n) is 5.44. The second-order valence-electron chi connectivity index (χ2n) is 9.99. The maximum Gasteiger partial charge on any atom is 0.253 e. The first-order valence-electron chi connectivity index (χ1n) is 13.2. The summed E-state index contributed by atoms with van der Waals surface area (Å²) in [5, 5.41) is 3.90. The van der Waals surface area contributed by atoms with Crippen molar-refractivity contribution in [1.29, 1.82) is 0 Å². The Morgan fingerprint density at radius 1 is 1.00 bits per heavy atom. The van der Waals surface area contributed by atoms with E-state index in [9.17, 15) is 9.59 Å². The number of anilines is 1. The van der Waals surface area contributed by atoms with E-state index in [1.165, 1.54) is 0 Å². The van der Waals surface area contributed by atoms with Crippen molar-refractivity contribution in [2.75, 3.05) is 32.1 Å². The third-order valence-corrected chi connectivity index (χ3v) is 8.39. The molecule has 2 atom stereocenters. The van der Waals surface area contributed by atoms with Crippen molar-refractivity contribution in [3.8, 4) is 0 Å². The Bertz CT molecular complexity index is 1280. The quantitative estimate of drug-likeness (QED) is 0.348. The first-order chi connectivity index (χ1) is 18.3. The highest BCUT2D eigenvalue weighted by atomic mass is 35.5. The Morgan fingerprint density at radius 3 is 2.24 bits per heavy atom. The summed E-state index contributed by atoms with van der Waals surface area (Å²) in [4.78, 5) is 30.4. The highest BCUT2D eigenvalue weighted by molar-refractivity contribution is 6.42. The number of piperidine rings is 1. The lowest BCUT2D eigenvalue weighted by Gasteiger charge is -2.47.